The van der Waals surface area contributed by atoms with Crippen molar-refractivity contribution in [2.24, 2.45) is 11.7 Å². The molecule has 1 aromatic rings. The lowest BCUT2D eigenvalue weighted by Crippen LogP contribution is -2.42. The number of hydrogen-bond donors (Lipinski definition) is 1. The van der Waals surface area contributed by atoms with Crippen LogP contribution in [-0.4, -0.2) is 24.0 Å². The van der Waals surface area contributed by atoms with Crippen molar-refractivity contribution in [3.05, 3.63) is 23.7 Å². The highest BCUT2D eigenvalue weighted by Gasteiger charge is 2.28. The molecular weight excluding hydrogens is 248 g/mol. The van der Waals surface area contributed by atoms with Gasteiger partial charge in [0.1, 0.15) is 11.5 Å². The standard InChI is InChI=1S/C17H32N2O/c1-6-14(7-2)12-19(9-4)17(15(18)8-3)16-11-10-13(5)20-16/h10-11,14-15,17H,6-9,12,18H2,1-5H3. The van der Waals surface area contributed by atoms with Crippen LogP contribution in [0.2, 0.25) is 0 Å². The largest absolute Gasteiger partial charge is 0.465 e. The van der Waals surface area contributed by atoms with E-state index in [1.54, 1.807) is 0 Å². The lowest BCUT2D eigenvalue weighted by Gasteiger charge is -2.35. The number of nitrogens with zero attached hydrogens (tertiary/aromatic N) is 1. The van der Waals surface area contributed by atoms with Gasteiger partial charge >= 0.3 is 0 Å². The maximum absolute atomic E-state index is 6.39. The van der Waals surface area contributed by atoms with Crippen LogP contribution in [0.4, 0.5) is 0 Å². The second-order valence-corrected chi connectivity index (χ2v) is 5.74. The smallest absolute Gasteiger partial charge is 0.122 e. The van der Waals surface area contributed by atoms with Gasteiger partial charge in [-0.25, -0.2) is 0 Å². The van der Waals surface area contributed by atoms with Crippen LogP contribution in [0.3, 0.4) is 0 Å². The first-order valence-corrected chi connectivity index (χ1v) is 8.13. The summed E-state index contributed by atoms with van der Waals surface area (Å²) in [5.74, 6) is 2.72. The molecule has 0 saturated carbocycles. The van der Waals surface area contributed by atoms with E-state index in [0.717, 1.165) is 36.9 Å². The Kier molecular flexibility index (Phi) is 7.31. The number of nitrogens with two attached hydrogens (primary N) is 1. The summed E-state index contributed by atoms with van der Waals surface area (Å²) in [5.41, 5.74) is 6.39. The van der Waals surface area contributed by atoms with Crippen molar-refractivity contribution >= 4 is 0 Å². The highest BCUT2D eigenvalue weighted by molar-refractivity contribution is 5.12. The Morgan fingerprint density at radius 2 is 1.75 bits per heavy atom. The van der Waals surface area contributed by atoms with Crippen LogP contribution in [0.25, 0.3) is 0 Å². The van der Waals surface area contributed by atoms with E-state index in [-0.39, 0.29) is 12.1 Å². The van der Waals surface area contributed by atoms with Crippen molar-refractivity contribution in [2.75, 3.05) is 13.1 Å². The molecule has 0 fully saturated rings. The second-order valence-electron chi connectivity index (χ2n) is 5.74. The van der Waals surface area contributed by atoms with E-state index in [0.29, 0.717) is 0 Å². The Hall–Kier alpha value is -0.800. The lowest BCUT2D eigenvalue weighted by atomic mass is 9.97. The molecule has 3 nitrogen and oxygen atoms in total. The van der Waals surface area contributed by atoms with E-state index in [1.807, 2.05) is 13.0 Å². The molecular formula is C17H32N2O. The Bertz CT molecular complexity index is 371. The summed E-state index contributed by atoms with van der Waals surface area (Å²) in [7, 11) is 0. The summed E-state index contributed by atoms with van der Waals surface area (Å²) in [6, 6.07) is 4.44. The van der Waals surface area contributed by atoms with E-state index >= 15 is 0 Å². The topological polar surface area (TPSA) is 42.4 Å². The zero-order valence-electron chi connectivity index (χ0n) is 13.9. The summed E-state index contributed by atoms with van der Waals surface area (Å²) >= 11 is 0. The van der Waals surface area contributed by atoms with Crippen LogP contribution in [0.15, 0.2) is 16.5 Å². The summed E-state index contributed by atoms with van der Waals surface area (Å²) < 4.78 is 5.88. The van der Waals surface area contributed by atoms with Gasteiger partial charge in [0.05, 0.1) is 6.04 Å². The molecule has 1 aromatic heterocycles. The minimum Gasteiger partial charge on any atom is -0.465 e. The van der Waals surface area contributed by atoms with Crippen LogP contribution in [-0.2, 0) is 0 Å². The number of hydrogen-bond acceptors (Lipinski definition) is 3. The Morgan fingerprint density at radius 3 is 2.15 bits per heavy atom. The van der Waals surface area contributed by atoms with Gasteiger partial charge in [-0.3, -0.25) is 4.90 Å². The molecule has 0 spiro atoms. The minimum absolute atomic E-state index is 0.120. The fourth-order valence-electron chi connectivity index (χ4n) is 2.82. The maximum Gasteiger partial charge on any atom is 0.122 e. The van der Waals surface area contributed by atoms with Gasteiger partial charge in [-0.2, -0.15) is 0 Å². The molecule has 0 aliphatic carbocycles. The van der Waals surface area contributed by atoms with Crippen molar-refractivity contribution in [1.82, 2.24) is 4.90 Å². The average Bonchev–Trinajstić information content (AvgIpc) is 2.88. The minimum atomic E-state index is 0.120. The van der Waals surface area contributed by atoms with E-state index in [4.69, 9.17) is 10.2 Å². The van der Waals surface area contributed by atoms with Crippen molar-refractivity contribution in [1.29, 1.82) is 0 Å². The number of furan rings is 1. The molecule has 0 amide bonds. The number of likely N-dealkylation sites (N-methyl/N-ethyl adjacent to an activating group) is 1. The Labute approximate surface area is 124 Å². The summed E-state index contributed by atoms with van der Waals surface area (Å²) in [5, 5.41) is 0. The number of aryl methyl sites for hydroxylation is 1. The highest BCUT2D eigenvalue weighted by Crippen LogP contribution is 2.28. The third-order valence-electron chi connectivity index (χ3n) is 4.38. The summed E-state index contributed by atoms with van der Waals surface area (Å²) in [6.07, 6.45) is 3.40. The molecule has 0 saturated heterocycles. The molecule has 1 heterocycles. The first-order chi connectivity index (χ1) is 9.57. The van der Waals surface area contributed by atoms with Gasteiger partial charge in [-0.1, -0.05) is 40.5 Å². The average molecular weight is 280 g/mol. The summed E-state index contributed by atoms with van der Waals surface area (Å²) in [6.45, 7) is 13.0. The molecule has 116 valence electrons. The SMILES string of the molecule is CCC(CC)CN(CC)C(c1ccc(C)o1)C(N)CC. The molecule has 0 aliphatic heterocycles. The van der Waals surface area contributed by atoms with Crippen molar-refractivity contribution in [2.45, 2.75) is 66.0 Å². The zero-order valence-corrected chi connectivity index (χ0v) is 13.9. The number of rotatable bonds is 9. The predicted molar refractivity (Wildman–Crippen MR) is 85.8 cm³/mol. The van der Waals surface area contributed by atoms with Gasteiger partial charge in [0.2, 0.25) is 0 Å². The van der Waals surface area contributed by atoms with E-state index in [1.165, 1.54) is 12.8 Å². The molecule has 0 bridgehead atoms. The predicted octanol–water partition coefficient (Wildman–Crippen LogP) is 4.12. The van der Waals surface area contributed by atoms with Crippen molar-refractivity contribution in [3.63, 3.8) is 0 Å². The second kappa shape index (κ2) is 8.48. The van der Waals surface area contributed by atoms with Crippen molar-refractivity contribution < 1.29 is 4.42 Å². The normalized spacial score (nSPS) is 15.0. The van der Waals surface area contributed by atoms with Gasteiger partial charge in [0, 0.05) is 12.6 Å². The monoisotopic (exact) mass is 280 g/mol. The lowest BCUT2D eigenvalue weighted by molar-refractivity contribution is 0.129. The maximum atomic E-state index is 6.39. The van der Waals surface area contributed by atoms with Crippen molar-refractivity contribution in [3.8, 4) is 0 Å². The Morgan fingerprint density at radius 1 is 1.10 bits per heavy atom. The molecule has 3 heteroatoms. The fraction of sp³-hybridized carbons (Fsp3) is 0.765. The molecule has 2 N–H and O–H groups in total. The first-order valence-electron chi connectivity index (χ1n) is 8.13. The van der Waals surface area contributed by atoms with Crippen LogP contribution in [0, 0.1) is 12.8 Å². The van der Waals surface area contributed by atoms with Crippen LogP contribution >= 0.6 is 0 Å². The zero-order chi connectivity index (χ0) is 15.1. The van der Waals surface area contributed by atoms with Gasteiger partial charge < -0.3 is 10.2 Å². The third-order valence-corrected chi connectivity index (χ3v) is 4.38. The molecule has 1 rings (SSSR count). The molecule has 2 atom stereocenters. The third kappa shape index (κ3) is 4.35. The molecule has 20 heavy (non-hydrogen) atoms. The van der Waals surface area contributed by atoms with E-state index in [9.17, 15) is 0 Å². The van der Waals surface area contributed by atoms with Gasteiger partial charge in [0.15, 0.2) is 0 Å². The molecule has 2 unspecified atom stereocenters. The quantitative estimate of drug-likeness (QED) is 0.739. The van der Waals surface area contributed by atoms with Gasteiger partial charge in [-0.15, -0.1) is 0 Å². The van der Waals surface area contributed by atoms with Crippen LogP contribution in [0.5, 0.6) is 0 Å². The fourth-order valence-corrected chi connectivity index (χ4v) is 2.82. The van der Waals surface area contributed by atoms with Gasteiger partial charge in [0.25, 0.3) is 0 Å². The first kappa shape index (κ1) is 17.3. The highest BCUT2D eigenvalue weighted by atomic mass is 16.3. The molecule has 0 aliphatic rings. The molecule has 0 aromatic carbocycles. The van der Waals surface area contributed by atoms with E-state index < -0.39 is 0 Å². The molecule has 0 radical (unpaired) electrons. The van der Waals surface area contributed by atoms with Crippen LogP contribution in [0.1, 0.15) is 64.5 Å². The van der Waals surface area contributed by atoms with Crippen LogP contribution < -0.4 is 5.73 Å². The van der Waals surface area contributed by atoms with E-state index in [2.05, 4.69) is 38.7 Å². The van der Waals surface area contributed by atoms with Gasteiger partial charge in [-0.05, 0) is 37.9 Å². The Balaban J connectivity index is 2.95. The summed E-state index contributed by atoms with van der Waals surface area (Å²) in [4.78, 5) is 2.49.